The minimum atomic E-state index is -4.60. The van der Waals surface area contributed by atoms with Crippen molar-refractivity contribution in [2.24, 2.45) is 0 Å². The molecule has 4 rings (SSSR count). The summed E-state index contributed by atoms with van der Waals surface area (Å²) in [6, 6.07) is 13.5. The van der Waals surface area contributed by atoms with Crippen LogP contribution in [0.4, 0.5) is 19.0 Å². The molecule has 0 amide bonds. The van der Waals surface area contributed by atoms with Crippen molar-refractivity contribution in [1.29, 1.82) is 0 Å². The van der Waals surface area contributed by atoms with Gasteiger partial charge in [0.15, 0.2) is 11.5 Å². The molecule has 0 saturated heterocycles. The summed E-state index contributed by atoms with van der Waals surface area (Å²) in [6.45, 7) is 2.15. The summed E-state index contributed by atoms with van der Waals surface area (Å²) in [5.74, 6) is 0.0269. The van der Waals surface area contributed by atoms with Crippen molar-refractivity contribution in [3.63, 3.8) is 0 Å². The van der Waals surface area contributed by atoms with Crippen LogP contribution < -0.4 is 5.32 Å². The molecule has 0 spiro atoms. The van der Waals surface area contributed by atoms with Gasteiger partial charge in [-0.05, 0) is 36.8 Å². The molecule has 0 aliphatic rings. The molecule has 152 valence electrons. The Morgan fingerprint density at radius 3 is 2.57 bits per heavy atom. The molecule has 0 aliphatic heterocycles. The number of pyridine rings is 1. The second-order valence-electron chi connectivity index (χ2n) is 6.59. The molecule has 1 aromatic carbocycles. The number of rotatable bonds is 5. The van der Waals surface area contributed by atoms with Gasteiger partial charge in [0.25, 0.3) is 0 Å². The fourth-order valence-electron chi connectivity index (χ4n) is 2.93. The Morgan fingerprint density at radius 2 is 1.87 bits per heavy atom. The van der Waals surface area contributed by atoms with Crippen molar-refractivity contribution < 1.29 is 13.2 Å². The zero-order valence-electron chi connectivity index (χ0n) is 15.9. The first-order valence-corrected chi connectivity index (χ1v) is 9.11. The minimum absolute atomic E-state index is 0.0450. The molecular formula is C21H17F3N6. The molecule has 9 heteroatoms. The van der Waals surface area contributed by atoms with E-state index in [0.717, 1.165) is 23.0 Å². The van der Waals surface area contributed by atoms with E-state index >= 15 is 0 Å². The summed E-state index contributed by atoms with van der Waals surface area (Å²) < 4.78 is 41.8. The number of aromatic nitrogens is 5. The highest BCUT2D eigenvalue weighted by molar-refractivity contribution is 5.56. The summed E-state index contributed by atoms with van der Waals surface area (Å²) in [4.78, 5) is 11.9. The maximum Gasteiger partial charge on any atom is 0.433 e. The molecule has 0 bridgehead atoms. The normalized spacial score (nSPS) is 11.5. The van der Waals surface area contributed by atoms with Crippen molar-refractivity contribution in [2.45, 2.75) is 19.6 Å². The first-order valence-electron chi connectivity index (χ1n) is 9.11. The lowest BCUT2D eigenvalue weighted by Crippen LogP contribution is -2.13. The van der Waals surface area contributed by atoms with Gasteiger partial charge in [-0.25, -0.2) is 14.6 Å². The van der Waals surface area contributed by atoms with Crippen LogP contribution in [0.25, 0.3) is 17.1 Å². The van der Waals surface area contributed by atoms with Crippen molar-refractivity contribution in [3.05, 3.63) is 84.1 Å². The molecule has 0 fully saturated rings. The average molecular weight is 410 g/mol. The predicted molar refractivity (Wildman–Crippen MR) is 106 cm³/mol. The second-order valence-corrected chi connectivity index (χ2v) is 6.59. The second kappa shape index (κ2) is 7.94. The lowest BCUT2D eigenvalue weighted by molar-refractivity contribution is -0.141. The molecular weight excluding hydrogens is 393 g/mol. The van der Waals surface area contributed by atoms with E-state index in [4.69, 9.17) is 0 Å². The van der Waals surface area contributed by atoms with Crippen LogP contribution in [-0.2, 0) is 12.7 Å². The van der Waals surface area contributed by atoms with E-state index in [9.17, 15) is 13.2 Å². The number of anilines is 1. The maximum absolute atomic E-state index is 13.4. The number of nitrogens with zero attached hydrogens (tertiary/aromatic N) is 5. The van der Waals surface area contributed by atoms with Gasteiger partial charge >= 0.3 is 6.18 Å². The van der Waals surface area contributed by atoms with Crippen molar-refractivity contribution in [2.75, 3.05) is 5.32 Å². The zero-order chi connectivity index (χ0) is 21.1. The third kappa shape index (κ3) is 4.29. The Labute approximate surface area is 170 Å². The number of para-hydroxylation sites is 1. The first kappa shape index (κ1) is 19.6. The topological polar surface area (TPSA) is 68.5 Å². The van der Waals surface area contributed by atoms with Crippen LogP contribution in [0.3, 0.4) is 0 Å². The van der Waals surface area contributed by atoms with Gasteiger partial charge in [0.2, 0.25) is 0 Å². The van der Waals surface area contributed by atoms with E-state index in [1.807, 2.05) is 43.5 Å². The molecule has 0 saturated carbocycles. The third-order valence-electron chi connectivity index (χ3n) is 4.36. The molecule has 0 atom stereocenters. The van der Waals surface area contributed by atoms with E-state index in [1.54, 1.807) is 16.8 Å². The molecule has 3 heterocycles. The number of nitrogens with one attached hydrogen (secondary N) is 1. The van der Waals surface area contributed by atoms with E-state index in [0.29, 0.717) is 5.56 Å². The Bertz CT molecular complexity index is 1150. The highest BCUT2D eigenvalue weighted by Gasteiger charge is 2.33. The van der Waals surface area contributed by atoms with Gasteiger partial charge in [0.1, 0.15) is 5.82 Å². The number of aryl methyl sites for hydroxylation is 1. The number of hydrogen-bond donors (Lipinski definition) is 1. The first-order chi connectivity index (χ1) is 14.4. The van der Waals surface area contributed by atoms with Crippen LogP contribution in [0, 0.1) is 6.92 Å². The standard InChI is InChI=1S/C21H17F3N6/c1-14-8-10-30(29-14)17-7-3-2-5-15(17)13-26-19-11-18(21(22,23)24)27-20(28-19)16-6-4-9-25-12-16/h2-12H,13H2,1H3,(H,26,27,28). The van der Waals surface area contributed by atoms with E-state index < -0.39 is 11.9 Å². The average Bonchev–Trinajstić information content (AvgIpc) is 3.18. The fraction of sp³-hybridized carbons (Fsp3) is 0.143. The zero-order valence-corrected chi connectivity index (χ0v) is 15.9. The lowest BCUT2D eigenvalue weighted by atomic mass is 10.1. The fourth-order valence-corrected chi connectivity index (χ4v) is 2.93. The predicted octanol–water partition coefficient (Wildman–Crippen LogP) is 4.66. The molecule has 30 heavy (non-hydrogen) atoms. The SMILES string of the molecule is Cc1ccn(-c2ccccc2CNc2cc(C(F)(F)F)nc(-c3cccnc3)n2)n1. The molecule has 0 unspecified atom stereocenters. The van der Waals surface area contributed by atoms with E-state index in [-0.39, 0.29) is 18.2 Å². The van der Waals surface area contributed by atoms with Gasteiger partial charge in [0, 0.05) is 36.8 Å². The Hall–Kier alpha value is -3.75. The number of hydrogen-bond acceptors (Lipinski definition) is 5. The summed E-state index contributed by atoms with van der Waals surface area (Å²) >= 11 is 0. The van der Waals surface area contributed by atoms with Gasteiger partial charge in [0.05, 0.1) is 11.4 Å². The summed E-state index contributed by atoms with van der Waals surface area (Å²) in [7, 11) is 0. The monoisotopic (exact) mass is 410 g/mol. The van der Waals surface area contributed by atoms with E-state index in [2.05, 4.69) is 25.4 Å². The highest BCUT2D eigenvalue weighted by Crippen LogP contribution is 2.31. The molecule has 6 nitrogen and oxygen atoms in total. The van der Waals surface area contributed by atoms with Crippen molar-refractivity contribution in [3.8, 4) is 17.1 Å². The molecule has 1 N–H and O–H groups in total. The van der Waals surface area contributed by atoms with Gasteiger partial charge in [-0.15, -0.1) is 0 Å². The Morgan fingerprint density at radius 1 is 1.03 bits per heavy atom. The smallest absolute Gasteiger partial charge is 0.366 e. The quantitative estimate of drug-likeness (QED) is 0.518. The Balaban J connectivity index is 1.66. The highest BCUT2D eigenvalue weighted by atomic mass is 19.4. The summed E-state index contributed by atoms with van der Waals surface area (Å²) in [6.07, 6.45) is 0.195. The molecule has 0 radical (unpaired) electrons. The van der Waals surface area contributed by atoms with Crippen LogP contribution in [0.5, 0.6) is 0 Å². The number of benzene rings is 1. The Kier molecular flexibility index (Phi) is 5.18. The van der Waals surface area contributed by atoms with Crippen LogP contribution >= 0.6 is 0 Å². The number of halogens is 3. The van der Waals surface area contributed by atoms with Crippen molar-refractivity contribution in [1.82, 2.24) is 24.7 Å². The number of alkyl halides is 3. The van der Waals surface area contributed by atoms with Crippen LogP contribution in [0.1, 0.15) is 17.0 Å². The largest absolute Gasteiger partial charge is 0.433 e. The van der Waals surface area contributed by atoms with E-state index in [1.165, 1.54) is 12.4 Å². The molecule has 4 aromatic rings. The lowest BCUT2D eigenvalue weighted by Gasteiger charge is -2.14. The van der Waals surface area contributed by atoms with Crippen LogP contribution in [0.2, 0.25) is 0 Å². The third-order valence-corrected chi connectivity index (χ3v) is 4.36. The van der Waals surface area contributed by atoms with Crippen LogP contribution in [-0.4, -0.2) is 24.7 Å². The van der Waals surface area contributed by atoms with Gasteiger partial charge in [-0.2, -0.15) is 18.3 Å². The minimum Gasteiger partial charge on any atom is -0.366 e. The van der Waals surface area contributed by atoms with Gasteiger partial charge in [-0.1, -0.05) is 18.2 Å². The molecule has 3 aromatic heterocycles. The van der Waals surface area contributed by atoms with Crippen molar-refractivity contribution >= 4 is 5.82 Å². The van der Waals surface area contributed by atoms with Gasteiger partial charge < -0.3 is 5.32 Å². The molecule has 0 aliphatic carbocycles. The van der Waals surface area contributed by atoms with Gasteiger partial charge in [-0.3, -0.25) is 4.98 Å². The summed E-state index contributed by atoms with van der Waals surface area (Å²) in [5, 5.41) is 7.39. The van der Waals surface area contributed by atoms with Crippen LogP contribution in [0.15, 0.2) is 67.1 Å². The summed E-state index contributed by atoms with van der Waals surface area (Å²) in [5.41, 5.74) is 1.93. The maximum atomic E-state index is 13.4.